The normalized spacial score (nSPS) is 9.91. The standard InChI is InChI=1S/C15H9Cl3N2O2/c16-10-5-12(17)15(13(18)6-10)20-14(21)8-22-11-3-1-9(7-19)2-4-11/h1-6H,8H2,(H,20,21). The van der Waals surface area contributed by atoms with E-state index in [1.54, 1.807) is 24.3 Å². The zero-order valence-electron chi connectivity index (χ0n) is 11.1. The van der Waals surface area contributed by atoms with Gasteiger partial charge >= 0.3 is 0 Å². The van der Waals surface area contributed by atoms with Crippen LogP contribution < -0.4 is 10.1 Å². The van der Waals surface area contributed by atoms with Gasteiger partial charge in [-0.2, -0.15) is 5.26 Å². The number of carbonyl (C=O) groups is 1. The summed E-state index contributed by atoms with van der Waals surface area (Å²) >= 11 is 17.7. The number of amides is 1. The van der Waals surface area contributed by atoms with Crippen molar-refractivity contribution in [2.75, 3.05) is 11.9 Å². The summed E-state index contributed by atoms with van der Waals surface area (Å²) in [5, 5.41) is 12.1. The van der Waals surface area contributed by atoms with E-state index in [4.69, 9.17) is 44.8 Å². The Balaban J connectivity index is 1.97. The molecule has 0 atom stereocenters. The molecule has 0 aromatic heterocycles. The summed E-state index contributed by atoms with van der Waals surface area (Å²) in [7, 11) is 0. The Labute approximate surface area is 142 Å². The molecule has 7 heteroatoms. The molecule has 2 rings (SSSR count). The van der Waals surface area contributed by atoms with E-state index < -0.39 is 5.91 Å². The summed E-state index contributed by atoms with van der Waals surface area (Å²) in [4.78, 5) is 11.9. The Hall–Kier alpha value is -1.93. The highest BCUT2D eigenvalue weighted by Gasteiger charge is 2.11. The number of nitrogens with zero attached hydrogens (tertiary/aromatic N) is 1. The highest BCUT2D eigenvalue weighted by atomic mass is 35.5. The van der Waals surface area contributed by atoms with E-state index in [2.05, 4.69) is 5.32 Å². The molecule has 0 fully saturated rings. The van der Waals surface area contributed by atoms with E-state index in [-0.39, 0.29) is 22.3 Å². The first-order valence-electron chi connectivity index (χ1n) is 6.07. The third-order valence-corrected chi connectivity index (χ3v) is 3.44. The van der Waals surface area contributed by atoms with Crippen molar-refractivity contribution in [1.82, 2.24) is 0 Å². The predicted octanol–water partition coefficient (Wildman–Crippen LogP) is 4.54. The molecule has 0 unspecified atom stereocenters. The molecule has 22 heavy (non-hydrogen) atoms. The number of rotatable bonds is 4. The van der Waals surface area contributed by atoms with Crippen LogP contribution in [-0.4, -0.2) is 12.5 Å². The number of ether oxygens (including phenoxy) is 1. The van der Waals surface area contributed by atoms with Gasteiger partial charge in [-0.05, 0) is 36.4 Å². The average molecular weight is 356 g/mol. The number of halogens is 3. The second-order valence-electron chi connectivity index (χ2n) is 4.22. The van der Waals surface area contributed by atoms with Crippen molar-refractivity contribution >= 4 is 46.4 Å². The summed E-state index contributed by atoms with van der Waals surface area (Å²) < 4.78 is 5.31. The van der Waals surface area contributed by atoms with Gasteiger partial charge in [0.1, 0.15) is 5.75 Å². The molecular weight excluding hydrogens is 347 g/mol. The van der Waals surface area contributed by atoms with Crippen LogP contribution in [0, 0.1) is 11.3 Å². The van der Waals surface area contributed by atoms with Crippen LogP contribution in [0.3, 0.4) is 0 Å². The lowest BCUT2D eigenvalue weighted by atomic mass is 10.2. The number of anilines is 1. The maximum Gasteiger partial charge on any atom is 0.262 e. The second-order valence-corrected chi connectivity index (χ2v) is 5.47. The zero-order chi connectivity index (χ0) is 16.1. The van der Waals surface area contributed by atoms with Crippen LogP contribution >= 0.6 is 34.8 Å². The highest BCUT2D eigenvalue weighted by molar-refractivity contribution is 6.42. The number of nitrogens with one attached hydrogen (secondary N) is 1. The fraction of sp³-hybridized carbons (Fsp3) is 0.0667. The van der Waals surface area contributed by atoms with E-state index in [0.717, 1.165) is 0 Å². The molecule has 1 N–H and O–H groups in total. The fourth-order valence-corrected chi connectivity index (χ4v) is 2.52. The molecular formula is C15H9Cl3N2O2. The average Bonchev–Trinajstić information content (AvgIpc) is 2.49. The van der Waals surface area contributed by atoms with Gasteiger partial charge in [0, 0.05) is 5.02 Å². The molecule has 0 saturated heterocycles. The van der Waals surface area contributed by atoms with Crippen molar-refractivity contribution in [3.63, 3.8) is 0 Å². The van der Waals surface area contributed by atoms with Crippen LogP contribution in [0.5, 0.6) is 5.75 Å². The Kier molecular flexibility index (Phi) is 5.51. The maximum absolute atomic E-state index is 11.9. The molecule has 0 aliphatic rings. The van der Waals surface area contributed by atoms with Crippen molar-refractivity contribution < 1.29 is 9.53 Å². The van der Waals surface area contributed by atoms with Gasteiger partial charge in [-0.15, -0.1) is 0 Å². The summed E-state index contributed by atoms with van der Waals surface area (Å²) in [6.45, 7) is -0.221. The molecule has 2 aromatic rings. The molecule has 0 aliphatic carbocycles. The van der Waals surface area contributed by atoms with Crippen molar-refractivity contribution in [2.24, 2.45) is 0 Å². The van der Waals surface area contributed by atoms with E-state index in [0.29, 0.717) is 16.3 Å². The van der Waals surface area contributed by atoms with Gasteiger partial charge in [0.05, 0.1) is 27.4 Å². The minimum absolute atomic E-state index is 0.221. The first kappa shape index (κ1) is 16.4. The van der Waals surface area contributed by atoms with Crippen LogP contribution in [0.2, 0.25) is 15.1 Å². The van der Waals surface area contributed by atoms with E-state index >= 15 is 0 Å². The first-order chi connectivity index (χ1) is 10.5. The minimum Gasteiger partial charge on any atom is -0.484 e. The van der Waals surface area contributed by atoms with Gasteiger partial charge in [-0.25, -0.2) is 0 Å². The van der Waals surface area contributed by atoms with Crippen LogP contribution in [0.25, 0.3) is 0 Å². The van der Waals surface area contributed by atoms with Crippen LogP contribution in [0.15, 0.2) is 36.4 Å². The van der Waals surface area contributed by atoms with Crippen LogP contribution in [0.4, 0.5) is 5.69 Å². The summed E-state index contributed by atoms with van der Waals surface area (Å²) in [6, 6.07) is 11.4. The Bertz CT molecular complexity index is 716. The maximum atomic E-state index is 11.9. The molecule has 112 valence electrons. The lowest BCUT2D eigenvalue weighted by molar-refractivity contribution is -0.118. The monoisotopic (exact) mass is 354 g/mol. The summed E-state index contributed by atoms with van der Waals surface area (Å²) in [5.41, 5.74) is 0.790. The van der Waals surface area contributed by atoms with E-state index in [1.165, 1.54) is 12.1 Å². The lowest BCUT2D eigenvalue weighted by Crippen LogP contribution is -2.20. The predicted molar refractivity (Wildman–Crippen MR) is 86.8 cm³/mol. The molecule has 0 saturated carbocycles. The highest BCUT2D eigenvalue weighted by Crippen LogP contribution is 2.33. The van der Waals surface area contributed by atoms with E-state index in [1.807, 2.05) is 6.07 Å². The zero-order valence-corrected chi connectivity index (χ0v) is 13.3. The summed E-state index contributed by atoms with van der Waals surface area (Å²) in [5.74, 6) is 0.0536. The lowest BCUT2D eigenvalue weighted by Gasteiger charge is -2.10. The fourth-order valence-electron chi connectivity index (χ4n) is 1.61. The molecule has 1 amide bonds. The minimum atomic E-state index is -0.421. The van der Waals surface area contributed by atoms with E-state index in [9.17, 15) is 4.79 Å². The van der Waals surface area contributed by atoms with Crippen molar-refractivity contribution in [1.29, 1.82) is 5.26 Å². The molecule has 0 bridgehead atoms. The van der Waals surface area contributed by atoms with Crippen LogP contribution in [0.1, 0.15) is 5.56 Å². The molecule has 0 spiro atoms. The Morgan fingerprint density at radius 2 is 1.73 bits per heavy atom. The first-order valence-corrected chi connectivity index (χ1v) is 7.20. The largest absolute Gasteiger partial charge is 0.484 e. The molecule has 0 aliphatic heterocycles. The third-order valence-electron chi connectivity index (χ3n) is 2.62. The summed E-state index contributed by atoms with van der Waals surface area (Å²) in [6.07, 6.45) is 0. The topological polar surface area (TPSA) is 62.1 Å². The molecule has 2 aromatic carbocycles. The van der Waals surface area contributed by atoms with Gasteiger partial charge in [-0.3, -0.25) is 4.79 Å². The van der Waals surface area contributed by atoms with Gasteiger partial charge in [-0.1, -0.05) is 34.8 Å². The van der Waals surface area contributed by atoms with Crippen LogP contribution in [-0.2, 0) is 4.79 Å². The smallest absolute Gasteiger partial charge is 0.262 e. The SMILES string of the molecule is N#Cc1ccc(OCC(=O)Nc2c(Cl)cc(Cl)cc2Cl)cc1. The number of carbonyl (C=O) groups excluding carboxylic acids is 1. The third kappa shape index (κ3) is 4.28. The number of hydrogen-bond donors (Lipinski definition) is 1. The Morgan fingerprint density at radius 3 is 2.27 bits per heavy atom. The molecule has 0 radical (unpaired) electrons. The van der Waals surface area contributed by atoms with Gasteiger partial charge < -0.3 is 10.1 Å². The molecule has 0 heterocycles. The van der Waals surface area contributed by atoms with Gasteiger partial charge in [0.25, 0.3) is 5.91 Å². The number of hydrogen-bond acceptors (Lipinski definition) is 3. The van der Waals surface area contributed by atoms with Gasteiger partial charge in [0.2, 0.25) is 0 Å². The second kappa shape index (κ2) is 7.37. The number of nitriles is 1. The molecule has 4 nitrogen and oxygen atoms in total. The number of benzene rings is 2. The van der Waals surface area contributed by atoms with Crippen molar-refractivity contribution in [2.45, 2.75) is 0 Å². The Morgan fingerprint density at radius 1 is 1.14 bits per heavy atom. The van der Waals surface area contributed by atoms with Gasteiger partial charge in [0.15, 0.2) is 6.61 Å². The quantitative estimate of drug-likeness (QED) is 0.876. The van der Waals surface area contributed by atoms with Crippen molar-refractivity contribution in [3.05, 3.63) is 57.0 Å². The van der Waals surface area contributed by atoms with Crippen molar-refractivity contribution in [3.8, 4) is 11.8 Å².